The van der Waals surface area contributed by atoms with E-state index in [2.05, 4.69) is 23.1 Å². The van der Waals surface area contributed by atoms with Crippen LogP contribution in [0.4, 0.5) is 5.69 Å². The fourth-order valence-corrected chi connectivity index (χ4v) is 4.74. The van der Waals surface area contributed by atoms with Crippen LogP contribution < -0.4 is 9.64 Å². The molecule has 0 N–H and O–H groups in total. The molecule has 0 spiro atoms. The molecule has 0 bridgehead atoms. The molecular weight excluding hydrogens is 398 g/mol. The lowest BCUT2D eigenvalue weighted by Crippen LogP contribution is -2.60. The maximum Gasteiger partial charge on any atom is 0.258 e. The first-order valence-corrected chi connectivity index (χ1v) is 11.1. The standard InChI is InChI=1S/C20H22ClN3O3S/c1-20(2)13-23-10-11-28(25,26)22-19(23)24(14-20)16-6-8-17(9-7-16)27-18-5-3-4-15(21)12-18/h3-9,12H,10-11,13-14H2,1-2H3. The van der Waals surface area contributed by atoms with Crippen LogP contribution in [0, 0.1) is 5.41 Å². The lowest BCUT2D eigenvalue weighted by molar-refractivity contribution is 0.235. The normalized spacial score (nSPS) is 20.3. The van der Waals surface area contributed by atoms with Crippen LogP contribution in [0.3, 0.4) is 0 Å². The van der Waals surface area contributed by atoms with Crippen LogP contribution in [0.2, 0.25) is 5.02 Å². The summed E-state index contributed by atoms with van der Waals surface area (Å²) in [5.74, 6) is 1.91. The molecule has 1 fully saturated rings. The SMILES string of the molecule is CC1(C)CN2CCS(=O)(=O)N=C2N(c2ccc(Oc3cccc(Cl)c3)cc2)C1. The van der Waals surface area contributed by atoms with Crippen molar-refractivity contribution in [3.8, 4) is 11.5 Å². The predicted octanol–water partition coefficient (Wildman–Crippen LogP) is 3.98. The van der Waals surface area contributed by atoms with E-state index in [4.69, 9.17) is 16.3 Å². The molecule has 2 aromatic rings. The van der Waals surface area contributed by atoms with Crippen molar-refractivity contribution in [1.29, 1.82) is 0 Å². The smallest absolute Gasteiger partial charge is 0.258 e. The van der Waals surface area contributed by atoms with E-state index in [9.17, 15) is 8.42 Å². The molecule has 0 aliphatic carbocycles. The number of guanidine groups is 1. The molecule has 0 unspecified atom stereocenters. The van der Waals surface area contributed by atoms with Gasteiger partial charge < -0.3 is 14.5 Å². The van der Waals surface area contributed by atoms with Crippen molar-refractivity contribution in [2.75, 3.05) is 30.3 Å². The Morgan fingerprint density at radius 3 is 2.54 bits per heavy atom. The van der Waals surface area contributed by atoms with E-state index < -0.39 is 10.0 Å². The molecule has 4 rings (SSSR count). The molecule has 1 saturated heterocycles. The van der Waals surface area contributed by atoms with E-state index in [1.54, 1.807) is 12.1 Å². The summed E-state index contributed by atoms with van der Waals surface area (Å²) in [4.78, 5) is 4.03. The van der Waals surface area contributed by atoms with Crippen molar-refractivity contribution in [2.24, 2.45) is 9.81 Å². The molecule has 8 heteroatoms. The van der Waals surface area contributed by atoms with Gasteiger partial charge in [-0.15, -0.1) is 4.40 Å². The lowest BCUT2D eigenvalue weighted by atomic mass is 9.89. The number of hydrogen-bond donors (Lipinski definition) is 0. The number of halogens is 1. The Balaban J connectivity index is 1.62. The summed E-state index contributed by atoms with van der Waals surface area (Å²) < 4.78 is 34.0. The third kappa shape index (κ3) is 4.10. The van der Waals surface area contributed by atoms with Crippen molar-refractivity contribution in [2.45, 2.75) is 13.8 Å². The molecule has 2 aromatic carbocycles. The number of hydrogen-bond acceptors (Lipinski definition) is 5. The number of benzene rings is 2. The highest BCUT2D eigenvalue weighted by Crippen LogP contribution is 2.33. The van der Waals surface area contributed by atoms with E-state index in [1.807, 2.05) is 41.3 Å². The quantitative estimate of drug-likeness (QED) is 0.753. The summed E-state index contributed by atoms with van der Waals surface area (Å²) in [6, 6.07) is 14.8. The first kappa shape index (κ1) is 19.1. The Labute approximate surface area is 170 Å². The number of ether oxygens (including phenoxy) is 1. The average molecular weight is 420 g/mol. The maximum atomic E-state index is 12.1. The van der Waals surface area contributed by atoms with Gasteiger partial charge in [-0.25, -0.2) is 8.42 Å². The molecule has 28 heavy (non-hydrogen) atoms. The number of rotatable bonds is 3. The molecular formula is C20H22ClN3O3S. The number of nitrogens with zero attached hydrogens (tertiary/aromatic N) is 3. The number of fused-ring (bicyclic) bond motifs is 1. The third-order valence-corrected chi connectivity index (χ3v) is 6.12. The van der Waals surface area contributed by atoms with Crippen molar-refractivity contribution in [3.05, 3.63) is 53.6 Å². The number of anilines is 1. The van der Waals surface area contributed by atoms with Crippen molar-refractivity contribution >= 4 is 33.3 Å². The van der Waals surface area contributed by atoms with Gasteiger partial charge in [-0.05, 0) is 42.5 Å². The first-order chi connectivity index (χ1) is 13.2. The number of sulfonamides is 1. The van der Waals surface area contributed by atoms with Crippen molar-refractivity contribution in [1.82, 2.24) is 4.90 Å². The van der Waals surface area contributed by atoms with Crippen molar-refractivity contribution < 1.29 is 13.2 Å². The van der Waals surface area contributed by atoms with Gasteiger partial charge in [0.25, 0.3) is 10.0 Å². The second-order valence-corrected chi connectivity index (χ2v) is 10.1. The average Bonchev–Trinajstić information content (AvgIpc) is 2.62. The van der Waals surface area contributed by atoms with E-state index in [0.29, 0.717) is 35.6 Å². The molecule has 2 heterocycles. The Kier molecular flexibility index (Phi) is 4.75. The van der Waals surface area contributed by atoms with Gasteiger partial charge in [-0.3, -0.25) is 0 Å². The largest absolute Gasteiger partial charge is 0.457 e. The van der Waals surface area contributed by atoms with Crippen LogP contribution in [0.1, 0.15) is 13.8 Å². The van der Waals surface area contributed by atoms with Crippen LogP contribution in [-0.2, 0) is 10.0 Å². The Hall–Kier alpha value is -2.25. The molecule has 0 amide bonds. The minimum atomic E-state index is -3.42. The molecule has 6 nitrogen and oxygen atoms in total. The lowest BCUT2D eigenvalue weighted by Gasteiger charge is -2.47. The summed E-state index contributed by atoms with van der Waals surface area (Å²) in [5, 5.41) is 0.612. The van der Waals surface area contributed by atoms with Crippen LogP contribution in [-0.4, -0.2) is 44.7 Å². The fourth-order valence-electron chi connectivity index (χ4n) is 3.56. The molecule has 2 aliphatic heterocycles. The molecule has 0 atom stereocenters. The Morgan fingerprint density at radius 2 is 1.82 bits per heavy atom. The van der Waals surface area contributed by atoms with Gasteiger partial charge in [0.2, 0.25) is 5.96 Å². The minimum absolute atomic E-state index is 0.0100. The second kappa shape index (κ2) is 6.97. The Morgan fingerprint density at radius 1 is 1.07 bits per heavy atom. The topological polar surface area (TPSA) is 62.2 Å². The van der Waals surface area contributed by atoms with Crippen LogP contribution >= 0.6 is 11.6 Å². The summed E-state index contributed by atoms with van der Waals surface area (Å²) >= 11 is 6.00. The third-order valence-electron chi connectivity index (χ3n) is 4.75. The minimum Gasteiger partial charge on any atom is -0.457 e. The van der Waals surface area contributed by atoms with E-state index in [-0.39, 0.29) is 11.2 Å². The zero-order chi connectivity index (χ0) is 19.9. The van der Waals surface area contributed by atoms with Gasteiger partial charge in [0.1, 0.15) is 11.5 Å². The van der Waals surface area contributed by atoms with Gasteiger partial charge in [-0.2, -0.15) is 0 Å². The van der Waals surface area contributed by atoms with Crippen LogP contribution in [0.5, 0.6) is 11.5 Å². The highest BCUT2D eigenvalue weighted by atomic mass is 35.5. The zero-order valence-electron chi connectivity index (χ0n) is 15.8. The summed E-state index contributed by atoms with van der Waals surface area (Å²) in [5.41, 5.74) is 0.892. The molecule has 0 saturated carbocycles. The molecule has 2 aliphatic rings. The first-order valence-electron chi connectivity index (χ1n) is 9.09. The van der Waals surface area contributed by atoms with Gasteiger partial charge in [-0.1, -0.05) is 31.5 Å². The molecule has 0 radical (unpaired) electrons. The summed E-state index contributed by atoms with van der Waals surface area (Å²) in [7, 11) is -3.42. The summed E-state index contributed by atoms with van der Waals surface area (Å²) in [6.45, 7) is 6.30. The highest BCUT2D eigenvalue weighted by molar-refractivity contribution is 7.90. The van der Waals surface area contributed by atoms with Crippen LogP contribution in [0.25, 0.3) is 0 Å². The van der Waals surface area contributed by atoms with E-state index in [1.165, 1.54) is 0 Å². The monoisotopic (exact) mass is 419 g/mol. The fraction of sp³-hybridized carbons (Fsp3) is 0.350. The van der Waals surface area contributed by atoms with Crippen LogP contribution in [0.15, 0.2) is 52.9 Å². The highest BCUT2D eigenvalue weighted by Gasteiger charge is 2.39. The van der Waals surface area contributed by atoms with E-state index in [0.717, 1.165) is 12.2 Å². The van der Waals surface area contributed by atoms with Gasteiger partial charge in [0.15, 0.2) is 0 Å². The van der Waals surface area contributed by atoms with E-state index >= 15 is 0 Å². The van der Waals surface area contributed by atoms with Gasteiger partial charge in [0.05, 0.1) is 5.75 Å². The van der Waals surface area contributed by atoms with Crippen molar-refractivity contribution in [3.63, 3.8) is 0 Å². The molecule has 148 valence electrons. The Bertz CT molecular complexity index is 1020. The molecule has 0 aromatic heterocycles. The van der Waals surface area contributed by atoms with Gasteiger partial charge in [0, 0.05) is 35.8 Å². The summed E-state index contributed by atoms with van der Waals surface area (Å²) in [6.07, 6.45) is 0. The maximum absolute atomic E-state index is 12.1. The zero-order valence-corrected chi connectivity index (χ0v) is 17.4. The van der Waals surface area contributed by atoms with Gasteiger partial charge >= 0.3 is 0 Å². The predicted molar refractivity (Wildman–Crippen MR) is 112 cm³/mol. The second-order valence-electron chi connectivity index (χ2n) is 7.90.